The van der Waals surface area contributed by atoms with E-state index in [1.54, 1.807) is 0 Å². The van der Waals surface area contributed by atoms with Crippen LogP contribution < -0.4 is 9.47 Å². The number of hydrogen-bond donors (Lipinski definition) is 0. The third kappa shape index (κ3) is 4.81. The second-order valence-electron chi connectivity index (χ2n) is 13.7. The lowest BCUT2D eigenvalue weighted by molar-refractivity contribution is 0.360. The number of hydrogen-bond acceptors (Lipinski definition) is 5. The SMILES string of the molecule is CC1(C)c2ccccc2-c2cc3c(cc21)Oc1c(cccc1-c1ccc(-c2nc(-c4ccccc4)nc(-c4ccc5ccccc5c4)n2)cc1)O3. The van der Waals surface area contributed by atoms with E-state index in [9.17, 15) is 0 Å². The first-order chi connectivity index (χ1) is 25.0. The van der Waals surface area contributed by atoms with Crippen molar-refractivity contribution >= 4 is 10.8 Å². The molecule has 0 fully saturated rings. The Morgan fingerprint density at radius 1 is 0.392 bits per heavy atom. The summed E-state index contributed by atoms with van der Waals surface area (Å²) < 4.78 is 13.2. The second kappa shape index (κ2) is 11.2. The van der Waals surface area contributed by atoms with E-state index in [1.165, 1.54) is 27.6 Å². The van der Waals surface area contributed by atoms with Gasteiger partial charge in [-0.05, 0) is 62.9 Å². The Morgan fingerprint density at radius 2 is 1.00 bits per heavy atom. The Kier molecular flexibility index (Phi) is 6.46. The van der Waals surface area contributed by atoms with E-state index in [0.29, 0.717) is 29.0 Å². The van der Waals surface area contributed by atoms with Gasteiger partial charge in [0, 0.05) is 27.7 Å². The lowest BCUT2D eigenvalue weighted by Gasteiger charge is -2.26. The first-order valence-corrected chi connectivity index (χ1v) is 17.2. The molecule has 242 valence electrons. The van der Waals surface area contributed by atoms with Crippen molar-refractivity contribution in [3.8, 4) is 79.4 Å². The summed E-state index contributed by atoms with van der Waals surface area (Å²) >= 11 is 0. The smallest absolute Gasteiger partial charge is 0.177 e. The van der Waals surface area contributed by atoms with Gasteiger partial charge in [0.2, 0.25) is 0 Å². The van der Waals surface area contributed by atoms with Crippen molar-refractivity contribution in [2.24, 2.45) is 0 Å². The van der Waals surface area contributed by atoms with Gasteiger partial charge in [0.15, 0.2) is 40.5 Å². The zero-order valence-electron chi connectivity index (χ0n) is 28.1. The molecule has 0 saturated carbocycles. The molecule has 0 spiro atoms. The van der Waals surface area contributed by atoms with Crippen molar-refractivity contribution in [2.45, 2.75) is 19.3 Å². The minimum absolute atomic E-state index is 0.135. The van der Waals surface area contributed by atoms with Crippen molar-refractivity contribution in [1.82, 2.24) is 15.0 Å². The number of fused-ring (bicyclic) bond motifs is 6. The standard InChI is InChI=1S/C46H31N3O2/c1-46(2)37-17-9-8-15-35(37)36-26-40-41(27-38(36)46)51-42-34(16-10-18-39(42)50-40)29-20-22-31(23-21-29)44-47-43(30-12-4-3-5-13-30)48-45(49-44)33-24-19-28-11-6-7-14-32(28)25-33/h3-27H,1-2H3. The fourth-order valence-corrected chi connectivity index (χ4v) is 7.50. The van der Waals surface area contributed by atoms with Gasteiger partial charge in [0.1, 0.15) is 0 Å². The molecule has 0 saturated heterocycles. The predicted molar refractivity (Wildman–Crippen MR) is 203 cm³/mol. The van der Waals surface area contributed by atoms with E-state index in [2.05, 4.69) is 117 Å². The van der Waals surface area contributed by atoms with Crippen LogP contribution in [0.4, 0.5) is 0 Å². The third-order valence-corrected chi connectivity index (χ3v) is 10.2. The molecule has 1 aliphatic heterocycles. The molecule has 1 aromatic heterocycles. The number of benzene rings is 7. The topological polar surface area (TPSA) is 57.1 Å². The molecule has 7 aromatic carbocycles. The molecule has 0 N–H and O–H groups in total. The maximum Gasteiger partial charge on any atom is 0.177 e. The van der Waals surface area contributed by atoms with Gasteiger partial charge >= 0.3 is 0 Å². The summed E-state index contributed by atoms with van der Waals surface area (Å²) in [5.74, 6) is 4.73. The Balaban J connectivity index is 1.02. The first-order valence-electron chi connectivity index (χ1n) is 17.2. The van der Waals surface area contributed by atoms with Crippen molar-refractivity contribution in [1.29, 1.82) is 0 Å². The summed E-state index contributed by atoms with van der Waals surface area (Å²) in [4.78, 5) is 14.9. The van der Waals surface area contributed by atoms with Crippen LogP contribution in [0.1, 0.15) is 25.0 Å². The van der Waals surface area contributed by atoms with Crippen LogP contribution >= 0.6 is 0 Å². The zero-order chi connectivity index (χ0) is 34.1. The van der Waals surface area contributed by atoms with E-state index in [0.717, 1.165) is 44.7 Å². The normalized spacial score (nSPS) is 13.4. The monoisotopic (exact) mass is 657 g/mol. The van der Waals surface area contributed by atoms with Crippen LogP contribution in [0, 0.1) is 0 Å². The third-order valence-electron chi connectivity index (χ3n) is 10.2. The Morgan fingerprint density at radius 3 is 1.80 bits per heavy atom. The molecule has 2 aliphatic rings. The number of nitrogens with zero attached hydrogens (tertiary/aromatic N) is 3. The van der Waals surface area contributed by atoms with E-state index in [-0.39, 0.29) is 5.41 Å². The first kappa shape index (κ1) is 29.3. The number of aromatic nitrogens is 3. The van der Waals surface area contributed by atoms with E-state index >= 15 is 0 Å². The molecule has 8 aromatic rings. The summed E-state index contributed by atoms with van der Waals surface area (Å²) in [5.41, 5.74) is 9.60. The van der Waals surface area contributed by atoms with Gasteiger partial charge in [0.05, 0.1) is 0 Å². The molecule has 1 aliphatic carbocycles. The molecule has 10 rings (SSSR count). The fraction of sp³-hybridized carbons (Fsp3) is 0.0652. The van der Waals surface area contributed by atoms with Gasteiger partial charge in [-0.25, -0.2) is 15.0 Å². The molecule has 2 heterocycles. The average molecular weight is 658 g/mol. The highest BCUT2D eigenvalue weighted by molar-refractivity contribution is 5.87. The molecule has 0 bridgehead atoms. The number of rotatable bonds is 4. The Labute approximate surface area is 295 Å². The minimum atomic E-state index is -0.135. The van der Waals surface area contributed by atoms with Gasteiger partial charge < -0.3 is 9.47 Å². The van der Waals surface area contributed by atoms with Crippen molar-refractivity contribution < 1.29 is 9.47 Å². The van der Waals surface area contributed by atoms with Crippen LogP contribution in [-0.2, 0) is 5.41 Å². The fourth-order valence-electron chi connectivity index (χ4n) is 7.50. The molecule has 0 radical (unpaired) electrons. The summed E-state index contributed by atoms with van der Waals surface area (Å²) in [7, 11) is 0. The van der Waals surface area contributed by atoms with E-state index in [1.807, 2.05) is 48.5 Å². The Bertz CT molecular complexity index is 2670. The van der Waals surface area contributed by atoms with Gasteiger partial charge in [0.25, 0.3) is 0 Å². The minimum Gasteiger partial charge on any atom is -0.449 e. The van der Waals surface area contributed by atoms with Gasteiger partial charge in [-0.2, -0.15) is 0 Å². The van der Waals surface area contributed by atoms with Crippen molar-refractivity contribution in [3.05, 3.63) is 163 Å². The van der Waals surface area contributed by atoms with Crippen molar-refractivity contribution in [3.63, 3.8) is 0 Å². The average Bonchev–Trinajstić information content (AvgIpc) is 3.41. The largest absolute Gasteiger partial charge is 0.449 e. The molecule has 5 nitrogen and oxygen atoms in total. The maximum atomic E-state index is 6.70. The van der Waals surface area contributed by atoms with Crippen LogP contribution in [0.15, 0.2) is 152 Å². The lowest BCUT2D eigenvalue weighted by Crippen LogP contribution is -2.15. The van der Waals surface area contributed by atoms with E-state index in [4.69, 9.17) is 24.4 Å². The van der Waals surface area contributed by atoms with Gasteiger partial charge in [-0.3, -0.25) is 0 Å². The van der Waals surface area contributed by atoms with Crippen LogP contribution in [0.2, 0.25) is 0 Å². The molecule has 0 amide bonds. The number of para-hydroxylation sites is 1. The van der Waals surface area contributed by atoms with Crippen LogP contribution in [-0.4, -0.2) is 15.0 Å². The van der Waals surface area contributed by atoms with Crippen LogP contribution in [0.3, 0.4) is 0 Å². The quantitative estimate of drug-likeness (QED) is 0.188. The van der Waals surface area contributed by atoms with Crippen LogP contribution in [0.5, 0.6) is 23.0 Å². The van der Waals surface area contributed by atoms with Crippen molar-refractivity contribution in [2.75, 3.05) is 0 Å². The highest BCUT2D eigenvalue weighted by atomic mass is 16.6. The zero-order valence-corrected chi connectivity index (χ0v) is 28.1. The highest BCUT2D eigenvalue weighted by Crippen LogP contribution is 2.56. The molecular weight excluding hydrogens is 627 g/mol. The molecule has 5 heteroatoms. The molecule has 0 atom stereocenters. The van der Waals surface area contributed by atoms with E-state index < -0.39 is 0 Å². The lowest BCUT2D eigenvalue weighted by atomic mass is 9.82. The molecular formula is C46H31N3O2. The van der Waals surface area contributed by atoms with Crippen LogP contribution in [0.25, 0.3) is 67.2 Å². The molecule has 0 unspecified atom stereocenters. The Hall–Kier alpha value is -6.59. The summed E-state index contributed by atoms with van der Waals surface area (Å²) in [6.45, 7) is 4.55. The summed E-state index contributed by atoms with van der Waals surface area (Å²) in [6, 6.07) is 52.0. The number of ether oxygens (including phenoxy) is 2. The second-order valence-corrected chi connectivity index (χ2v) is 13.7. The van der Waals surface area contributed by atoms with Gasteiger partial charge in [-0.15, -0.1) is 0 Å². The predicted octanol–water partition coefficient (Wildman–Crippen LogP) is 11.9. The summed E-state index contributed by atoms with van der Waals surface area (Å²) in [6.07, 6.45) is 0. The van der Waals surface area contributed by atoms with Gasteiger partial charge in [-0.1, -0.05) is 141 Å². The summed E-state index contributed by atoms with van der Waals surface area (Å²) in [5, 5.41) is 2.31. The molecule has 51 heavy (non-hydrogen) atoms. The maximum absolute atomic E-state index is 6.70. The highest BCUT2D eigenvalue weighted by Gasteiger charge is 2.37.